The van der Waals surface area contributed by atoms with Gasteiger partial charge in [-0.1, -0.05) is 15.9 Å². The fraction of sp³-hybridized carbons (Fsp3) is 0.111. The minimum absolute atomic E-state index is 0.0365. The van der Waals surface area contributed by atoms with Crippen LogP contribution in [-0.2, 0) is 4.74 Å². The minimum atomic E-state index is -1.15. The topological polar surface area (TPSA) is 63.6 Å². The van der Waals surface area contributed by atoms with Gasteiger partial charge in [0.25, 0.3) is 0 Å². The van der Waals surface area contributed by atoms with Crippen molar-refractivity contribution in [1.29, 1.82) is 0 Å². The smallest absolute Gasteiger partial charge is 0.338 e. The van der Waals surface area contributed by atoms with Crippen LogP contribution in [0.15, 0.2) is 22.7 Å². The highest BCUT2D eigenvalue weighted by molar-refractivity contribution is 9.10. The molecular weight excluding hydrogens is 252 g/mol. The van der Waals surface area contributed by atoms with E-state index in [1.165, 1.54) is 19.2 Å². The van der Waals surface area contributed by atoms with Crippen LogP contribution in [0.3, 0.4) is 0 Å². The highest BCUT2D eigenvalue weighted by Crippen LogP contribution is 2.17. The van der Waals surface area contributed by atoms with E-state index in [4.69, 9.17) is 5.11 Å². The van der Waals surface area contributed by atoms with Gasteiger partial charge in [0.15, 0.2) is 0 Å². The Morgan fingerprint density at radius 2 is 2.00 bits per heavy atom. The van der Waals surface area contributed by atoms with Gasteiger partial charge in [0, 0.05) is 4.47 Å². The first-order valence-electron chi connectivity index (χ1n) is 3.67. The van der Waals surface area contributed by atoms with E-state index in [-0.39, 0.29) is 11.1 Å². The molecule has 0 aliphatic rings. The number of hydrogen-bond acceptors (Lipinski definition) is 3. The number of ether oxygens (including phenoxy) is 1. The van der Waals surface area contributed by atoms with E-state index >= 15 is 0 Å². The molecule has 0 aliphatic heterocycles. The number of carbonyl (C=O) groups is 2. The van der Waals surface area contributed by atoms with Gasteiger partial charge in [-0.2, -0.15) is 0 Å². The van der Waals surface area contributed by atoms with Crippen molar-refractivity contribution in [1.82, 2.24) is 0 Å². The molecule has 1 N–H and O–H groups in total. The molecule has 1 rings (SSSR count). The first-order valence-corrected chi connectivity index (χ1v) is 4.46. The van der Waals surface area contributed by atoms with Gasteiger partial charge in [0.1, 0.15) is 0 Å². The summed E-state index contributed by atoms with van der Waals surface area (Å²) in [6.45, 7) is 0. The van der Waals surface area contributed by atoms with Crippen LogP contribution in [0.5, 0.6) is 0 Å². The predicted molar refractivity (Wildman–Crippen MR) is 52.4 cm³/mol. The highest BCUT2D eigenvalue weighted by Gasteiger charge is 2.16. The zero-order valence-electron chi connectivity index (χ0n) is 7.28. The van der Waals surface area contributed by atoms with Gasteiger partial charge < -0.3 is 9.84 Å². The number of esters is 1. The number of halogens is 1. The van der Waals surface area contributed by atoms with E-state index in [2.05, 4.69) is 20.7 Å². The molecule has 74 valence electrons. The minimum Gasteiger partial charge on any atom is -0.478 e. The Balaban J connectivity index is 3.29. The molecule has 0 bridgehead atoms. The van der Waals surface area contributed by atoms with Crippen molar-refractivity contribution in [2.45, 2.75) is 0 Å². The monoisotopic (exact) mass is 258 g/mol. The quantitative estimate of drug-likeness (QED) is 0.824. The van der Waals surface area contributed by atoms with Crippen LogP contribution in [0.4, 0.5) is 0 Å². The normalized spacial score (nSPS) is 9.57. The van der Waals surface area contributed by atoms with E-state index in [1.54, 1.807) is 6.07 Å². The van der Waals surface area contributed by atoms with Gasteiger partial charge in [-0.05, 0) is 18.2 Å². The Morgan fingerprint density at radius 3 is 2.50 bits per heavy atom. The maximum absolute atomic E-state index is 11.2. The lowest BCUT2D eigenvalue weighted by molar-refractivity contribution is 0.0582. The summed E-state index contributed by atoms with van der Waals surface area (Å²) < 4.78 is 5.09. The molecule has 0 aliphatic carbocycles. The Bertz CT molecular complexity index is 386. The Morgan fingerprint density at radius 1 is 1.36 bits per heavy atom. The van der Waals surface area contributed by atoms with Gasteiger partial charge in [0.2, 0.25) is 0 Å². The fourth-order valence-corrected chi connectivity index (χ4v) is 1.34. The lowest BCUT2D eigenvalue weighted by Crippen LogP contribution is -2.09. The summed E-state index contributed by atoms with van der Waals surface area (Å²) in [5.41, 5.74) is -0.0329. The second kappa shape index (κ2) is 4.23. The SMILES string of the molecule is COC(=O)c1cc(Br)ccc1C(=O)O. The molecule has 0 saturated heterocycles. The summed E-state index contributed by atoms with van der Waals surface area (Å²) >= 11 is 3.14. The van der Waals surface area contributed by atoms with Gasteiger partial charge >= 0.3 is 11.9 Å². The number of carboxylic acid groups (broad SMARTS) is 1. The van der Waals surface area contributed by atoms with Gasteiger partial charge in [0.05, 0.1) is 18.2 Å². The molecule has 0 amide bonds. The molecule has 14 heavy (non-hydrogen) atoms. The van der Waals surface area contributed by atoms with Crippen molar-refractivity contribution < 1.29 is 19.4 Å². The zero-order valence-corrected chi connectivity index (χ0v) is 8.87. The van der Waals surface area contributed by atoms with Crippen molar-refractivity contribution in [3.63, 3.8) is 0 Å². The summed E-state index contributed by atoms with van der Waals surface area (Å²) in [4.78, 5) is 21.9. The summed E-state index contributed by atoms with van der Waals surface area (Å²) in [5.74, 6) is -1.82. The number of benzene rings is 1. The molecule has 0 atom stereocenters. The molecule has 1 aromatic carbocycles. The van der Waals surface area contributed by atoms with Crippen molar-refractivity contribution >= 4 is 27.9 Å². The molecule has 0 radical (unpaired) electrons. The zero-order chi connectivity index (χ0) is 10.7. The summed E-state index contributed by atoms with van der Waals surface area (Å²) in [5, 5.41) is 8.78. The lowest BCUT2D eigenvalue weighted by Gasteiger charge is -2.03. The summed E-state index contributed by atoms with van der Waals surface area (Å²) in [7, 11) is 1.20. The molecule has 1 aromatic rings. The molecule has 0 saturated carbocycles. The maximum Gasteiger partial charge on any atom is 0.338 e. The number of aromatic carboxylic acids is 1. The van der Waals surface area contributed by atoms with Crippen LogP contribution >= 0.6 is 15.9 Å². The predicted octanol–water partition coefficient (Wildman–Crippen LogP) is 1.93. The molecule has 5 heteroatoms. The Hall–Kier alpha value is -1.36. The van der Waals surface area contributed by atoms with E-state index in [0.717, 1.165) is 0 Å². The molecule has 0 spiro atoms. The molecule has 0 aromatic heterocycles. The van der Waals surface area contributed by atoms with Crippen LogP contribution in [0.1, 0.15) is 20.7 Å². The van der Waals surface area contributed by atoms with E-state index in [1.807, 2.05) is 0 Å². The van der Waals surface area contributed by atoms with Crippen LogP contribution in [0.2, 0.25) is 0 Å². The third-order valence-electron chi connectivity index (χ3n) is 1.62. The lowest BCUT2D eigenvalue weighted by atomic mass is 10.1. The summed E-state index contributed by atoms with van der Waals surface area (Å²) in [6.07, 6.45) is 0. The molecule has 0 unspecified atom stereocenters. The van der Waals surface area contributed by atoms with Gasteiger partial charge in [-0.25, -0.2) is 9.59 Å². The average Bonchev–Trinajstić information content (AvgIpc) is 2.16. The standard InChI is InChI=1S/C9H7BrO4/c1-14-9(13)7-4-5(10)2-3-6(7)8(11)12/h2-4H,1H3,(H,11,12). The number of methoxy groups -OCH3 is 1. The van der Waals surface area contributed by atoms with Gasteiger partial charge in [-0.15, -0.1) is 0 Å². The van der Waals surface area contributed by atoms with Crippen LogP contribution in [-0.4, -0.2) is 24.2 Å². The molecule has 0 fully saturated rings. The molecule has 4 nitrogen and oxygen atoms in total. The summed E-state index contributed by atoms with van der Waals surface area (Å²) in [6, 6.07) is 4.31. The molecular formula is C9H7BrO4. The van der Waals surface area contributed by atoms with E-state index in [9.17, 15) is 9.59 Å². The highest BCUT2D eigenvalue weighted by atomic mass is 79.9. The van der Waals surface area contributed by atoms with Gasteiger partial charge in [-0.3, -0.25) is 0 Å². The number of rotatable bonds is 2. The first-order chi connectivity index (χ1) is 6.56. The third-order valence-corrected chi connectivity index (χ3v) is 2.11. The Kier molecular flexibility index (Phi) is 3.24. The third kappa shape index (κ3) is 2.11. The second-order valence-electron chi connectivity index (χ2n) is 2.49. The van der Waals surface area contributed by atoms with Crippen LogP contribution in [0, 0.1) is 0 Å². The van der Waals surface area contributed by atoms with Crippen molar-refractivity contribution in [3.8, 4) is 0 Å². The average molecular weight is 259 g/mol. The number of carboxylic acids is 1. The number of carbonyl (C=O) groups excluding carboxylic acids is 1. The maximum atomic E-state index is 11.2. The fourth-order valence-electron chi connectivity index (χ4n) is 0.982. The van der Waals surface area contributed by atoms with Crippen molar-refractivity contribution in [2.24, 2.45) is 0 Å². The largest absolute Gasteiger partial charge is 0.478 e. The van der Waals surface area contributed by atoms with E-state index < -0.39 is 11.9 Å². The first kappa shape index (κ1) is 10.7. The van der Waals surface area contributed by atoms with Crippen molar-refractivity contribution in [3.05, 3.63) is 33.8 Å². The van der Waals surface area contributed by atoms with Crippen LogP contribution in [0.25, 0.3) is 0 Å². The molecule has 0 heterocycles. The van der Waals surface area contributed by atoms with E-state index in [0.29, 0.717) is 4.47 Å². The number of hydrogen-bond donors (Lipinski definition) is 1. The van der Waals surface area contributed by atoms with Crippen LogP contribution < -0.4 is 0 Å². The second-order valence-corrected chi connectivity index (χ2v) is 3.40. The Labute approximate surface area is 88.6 Å². The van der Waals surface area contributed by atoms with Crippen molar-refractivity contribution in [2.75, 3.05) is 7.11 Å².